The van der Waals surface area contributed by atoms with Crippen LogP contribution in [-0.2, 0) is 0 Å². The average molecular weight is 451 g/mol. The van der Waals surface area contributed by atoms with Crippen LogP contribution in [0.25, 0.3) is 75.8 Å². The zero-order valence-corrected chi connectivity index (χ0v) is 19.7. The second-order valence-corrected chi connectivity index (χ2v) is 10.0. The van der Waals surface area contributed by atoms with Crippen LogP contribution in [0, 0.1) is 0 Å². The van der Waals surface area contributed by atoms with Gasteiger partial charge in [-0.2, -0.15) is 0 Å². The first-order chi connectivity index (χ1) is 16.7. The van der Waals surface area contributed by atoms with Crippen LogP contribution >= 0.6 is 11.3 Å². The summed E-state index contributed by atoms with van der Waals surface area (Å²) in [6, 6.07) is 31.7. The molecule has 0 fully saturated rings. The van der Waals surface area contributed by atoms with E-state index in [4.69, 9.17) is 0 Å². The largest absolute Gasteiger partial charge is 0.135 e. The van der Waals surface area contributed by atoms with E-state index < -0.39 is 0 Å². The fraction of sp³-hybridized carbons (Fsp3) is 0.0303. The van der Waals surface area contributed by atoms with Crippen LogP contribution in [0.1, 0.15) is 18.1 Å². The topological polar surface area (TPSA) is 0 Å². The first kappa shape index (κ1) is 19.5. The fourth-order valence-electron chi connectivity index (χ4n) is 5.51. The minimum absolute atomic E-state index is 1.22. The molecule has 34 heavy (non-hydrogen) atoms. The van der Waals surface area contributed by atoms with E-state index in [1.165, 1.54) is 74.7 Å². The highest BCUT2D eigenvalue weighted by Crippen LogP contribution is 2.41. The van der Waals surface area contributed by atoms with E-state index in [1.54, 1.807) is 0 Å². The van der Waals surface area contributed by atoms with Gasteiger partial charge in [-0.3, -0.25) is 0 Å². The third-order valence-corrected chi connectivity index (χ3v) is 8.26. The molecule has 7 rings (SSSR count). The minimum atomic E-state index is 1.22. The molecule has 0 saturated carbocycles. The summed E-state index contributed by atoms with van der Waals surface area (Å²) in [4.78, 5) is 0. The van der Waals surface area contributed by atoms with Crippen molar-refractivity contribution in [3.05, 3.63) is 109 Å². The number of thiophene rings is 1. The first-order valence-corrected chi connectivity index (χ1v) is 12.5. The third-order valence-electron chi connectivity index (χ3n) is 7.06. The van der Waals surface area contributed by atoms with Crippen LogP contribution in [0.2, 0.25) is 0 Å². The lowest BCUT2D eigenvalue weighted by molar-refractivity contribution is 1.69. The van der Waals surface area contributed by atoms with Gasteiger partial charge < -0.3 is 0 Å². The Morgan fingerprint density at radius 1 is 0.676 bits per heavy atom. The van der Waals surface area contributed by atoms with Crippen molar-refractivity contribution in [3.8, 4) is 11.1 Å². The summed E-state index contributed by atoms with van der Waals surface area (Å²) >= 11 is 1.87. The highest BCUT2D eigenvalue weighted by Gasteiger charge is 2.13. The third kappa shape index (κ3) is 2.71. The van der Waals surface area contributed by atoms with Gasteiger partial charge in [0.1, 0.15) is 0 Å². The molecule has 0 spiro atoms. The zero-order valence-electron chi connectivity index (χ0n) is 18.9. The number of hydrogen-bond donors (Lipinski definition) is 0. The maximum absolute atomic E-state index is 4.10. The van der Waals surface area contributed by atoms with Crippen LogP contribution in [0.3, 0.4) is 0 Å². The Kier molecular flexibility index (Phi) is 4.18. The summed E-state index contributed by atoms with van der Waals surface area (Å²) in [7, 11) is 0. The predicted molar refractivity (Wildman–Crippen MR) is 153 cm³/mol. The molecule has 0 aliphatic rings. The first-order valence-electron chi connectivity index (χ1n) is 11.7. The Bertz CT molecular complexity index is 1870. The van der Waals surface area contributed by atoms with Gasteiger partial charge in [-0.15, -0.1) is 11.3 Å². The highest BCUT2D eigenvalue weighted by molar-refractivity contribution is 7.26. The number of hydrogen-bond acceptors (Lipinski definition) is 1. The molecule has 0 saturated heterocycles. The van der Waals surface area contributed by atoms with Crippen LogP contribution in [0.15, 0.2) is 97.6 Å². The second kappa shape index (κ2) is 7.28. The Morgan fingerprint density at radius 2 is 1.35 bits per heavy atom. The van der Waals surface area contributed by atoms with Crippen LogP contribution in [-0.4, -0.2) is 0 Å². The van der Waals surface area contributed by atoms with E-state index >= 15 is 0 Å². The van der Waals surface area contributed by atoms with Gasteiger partial charge in [0, 0.05) is 20.2 Å². The lowest BCUT2D eigenvalue weighted by atomic mass is 9.91. The Labute approximate surface area is 202 Å². The van der Waals surface area contributed by atoms with E-state index in [-0.39, 0.29) is 0 Å². The lowest BCUT2D eigenvalue weighted by Crippen LogP contribution is -1.85. The molecule has 160 valence electrons. The summed E-state index contributed by atoms with van der Waals surface area (Å²) < 4.78 is 2.63. The summed E-state index contributed by atoms with van der Waals surface area (Å²) in [5.74, 6) is 0. The van der Waals surface area contributed by atoms with E-state index in [1.807, 2.05) is 17.4 Å². The van der Waals surface area contributed by atoms with Crippen molar-refractivity contribution >= 4 is 76.0 Å². The van der Waals surface area contributed by atoms with Gasteiger partial charge in [0.2, 0.25) is 0 Å². The number of benzene rings is 6. The monoisotopic (exact) mass is 450 g/mol. The molecular formula is C33H22S. The summed E-state index contributed by atoms with van der Waals surface area (Å²) in [5.41, 5.74) is 4.98. The number of fused-ring (bicyclic) bond motifs is 3. The van der Waals surface area contributed by atoms with Crippen molar-refractivity contribution in [2.75, 3.05) is 0 Å². The van der Waals surface area contributed by atoms with Crippen molar-refractivity contribution in [2.45, 2.75) is 6.92 Å². The summed E-state index contributed by atoms with van der Waals surface area (Å²) in [5, 5.41) is 10.6. The molecule has 0 radical (unpaired) electrons. The van der Waals surface area contributed by atoms with Gasteiger partial charge in [0.15, 0.2) is 0 Å². The van der Waals surface area contributed by atoms with Crippen molar-refractivity contribution in [2.24, 2.45) is 0 Å². The van der Waals surface area contributed by atoms with Crippen molar-refractivity contribution in [1.82, 2.24) is 0 Å². The van der Waals surface area contributed by atoms with Gasteiger partial charge in [-0.25, -0.2) is 0 Å². The van der Waals surface area contributed by atoms with Crippen molar-refractivity contribution < 1.29 is 0 Å². The molecule has 0 aliphatic carbocycles. The minimum Gasteiger partial charge on any atom is -0.135 e. The van der Waals surface area contributed by atoms with Crippen molar-refractivity contribution in [3.63, 3.8) is 0 Å². The standard InChI is InChI=1S/C33H22S/c1-3-6-20-13-16-29-28-15-14-23(19-30(28)34-33(29)27(20)4-2)26-17-24-11-9-21-7-5-8-22-10-12-25(18-26)32(24)31(21)22/h3-19H,2H2,1H3/b6-3-. The Hall–Kier alpha value is -3.94. The van der Waals surface area contributed by atoms with Gasteiger partial charge in [0.05, 0.1) is 0 Å². The van der Waals surface area contributed by atoms with Gasteiger partial charge >= 0.3 is 0 Å². The molecule has 0 bridgehead atoms. The van der Waals surface area contributed by atoms with E-state index in [0.29, 0.717) is 0 Å². The Balaban J connectivity index is 1.46. The normalized spacial score (nSPS) is 12.3. The molecule has 0 atom stereocenters. The quantitative estimate of drug-likeness (QED) is 0.235. The van der Waals surface area contributed by atoms with E-state index in [2.05, 4.69) is 111 Å². The molecule has 1 aromatic heterocycles. The molecule has 0 aliphatic heterocycles. The van der Waals surface area contributed by atoms with E-state index in [9.17, 15) is 0 Å². The Morgan fingerprint density at radius 3 is 2.06 bits per heavy atom. The maximum Gasteiger partial charge on any atom is 0.0433 e. The van der Waals surface area contributed by atoms with Crippen LogP contribution < -0.4 is 0 Å². The molecular weight excluding hydrogens is 428 g/mol. The van der Waals surface area contributed by atoms with Crippen LogP contribution in [0.4, 0.5) is 0 Å². The molecule has 1 heterocycles. The summed E-state index contributed by atoms with van der Waals surface area (Å²) in [6.45, 7) is 6.16. The number of allylic oxidation sites excluding steroid dienone is 1. The average Bonchev–Trinajstić information content (AvgIpc) is 3.25. The molecule has 0 amide bonds. The van der Waals surface area contributed by atoms with E-state index in [0.717, 1.165) is 0 Å². The van der Waals surface area contributed by atoms with Gasteiger partial charge in [0.25, 0.3) is 0 Å². The van der Waals surface area contributed by atoms with Crippen molar-refractivity contribution in [1.29, 1.82) is 0 Å². The number of rotatable bonds is 3. The van der Waals surface area contributed by atoms with Gasteiger partial charge in [-0.1, -0.05) is 91.5 Å². The maximum atomic E-state index is 4.10. The second-order valence-electron chi connectivity index (χ2n) is 8.97. The lowest BCUT2D eigenvalue weighted by Gasteiger charge is -2.12. The molecule has 1 heteroatoms. The van der Waals surface area contributed by atoms with Gasteiger partial charge in [-0.05, 0) is 79.7 Å². The smallest absolute Gasteiger partial charge is 0.0433 e. The molecule has 0 N–H and O–H groups in total. The molecule has 7 aromatic rings. The highest BCUT2D eigenvalue weighted by atomic mass is 32.1. The predicted octanol–water partition coefficient (Wildman–Crippen LogP) is 10.3. The summed E-state index contributed by atoms with van der Waals surface area (Å²) in [6.07, 6.45) is 6.24. The fourth-order valence-corrected chi connectivity index (χ4v) is 6.80. The molecule has 6 aromatic carbocycles. The van der Waals surface area contributed by atoms with Crippen LogP contribution in [0.5, 0.6) is 0 Å². The molecule has 0 nitrogen and oxygen atoms in total. The SMILES string of the molecule is C=Cc1c(/C=C\C)ccc2c1sc1cc(-c3cc4ccc5cccc6ccc(c3)c4c56)ccc12. The zero-order chi connectivity index (χ0) is 22.8. The molecule has 0 unspecified atom stereocenters.